The molecule has 1 N–H and O–H groups in total. The molecule has 3 aromatic rings. The van der Waals surface area contributed by atoms with Gasteiger partial charge in [-0.25, -0.2) is 0 Å². The summed E-state index contributed by atoms with van der Waals surface area (Å²) in [6.45, 7) is 5.77. The number of nitrogens with zero attached hydrogens (tertiary/aromatic N) is 2. The molecular formula is C22H23N3O. The monoisotopic (exact) mass is 345 g/mol. The number of pyridine rings is 1. The van der Waals surface area contributed by atoms with Crippen LogP contribution < -0.4 is 5.32 Å². The molecule has 0 saturated heterocycles. The SMILES string of the molecule is Cc1ccc(C)c(NC(=O)c2c3c(nc4ccccc24)CCN(C)C3)c1. The molecule has 0 unspecified atom stereocenters. The van der Waals surface area contributed by atoms with Crippen LogP contribution in [0.4, 0.5) is 5.69 Å². The third-order valence-electron chi connectivity index (χ3n) is 5.11. The number of hydrogen-bond acceptors (Lipinski definition) is 3. The zero-order chi connectivity index (χ0) is 18.3. The molecule has 4 heteroatoms. The van der Waals surface area contributed by atoms with Crippen molar-refractivity contribution in [3.8, 4) is 0 Å². The normalized spacial score (nSPS) is 14.3. The molecule has 0 aliphatic carbocycles. The lowest BCUT2D eigenvalue weighted by Crippen LogP contribution is -2.30. The van der Waals surface area contributed by atoms with E-state index >= 15 is 0 Å². The number of rotatable bonds is 2. The predicted molar refractivity (Wildman–Crippen MR) is 106 cm³/mol. The standard InChI is InChI=1S/C22H23N3O/c1-14-8-9-15(2)20(12-14)24-22(26)21-16-6-4-5-7-18(16)23-19-10-11-25(3)13-17(19)21/h4-9,12H,10-11,13H2,1-3H3,(H,24,26). The Kier molecular flexibility index (Phi) is 4.21. The Hall–Kier alpha value is -2.72. The lowest BCUT2D eigenvalue weighted by molar-refractivity contribution is 0.102. The Labute approximate surface area is 153 Å². The molecule has 1 aliphatic rings. The Bertz CT molecular complexity index is 1010. The second-order valence-corrected chi connectivity index (χ2v) is 7.19. The van der Waals surface area contributed by atoms with Crippen LogP contribution >= 0.6 is 0 Å². The van der Waals surface area contributed by atoms with Crippen molar-refractivity contribution in [3.63, 3.8) is 0 Å². The lowest BCUT2D eigenvalue weighted by atomic mass is 9.95. The van der Waals surface area contributed by atoms with Crippen molar-refractivity contribution in [2.24, 2.45) is 0 Å². The van der Waals surface area contributed by atoms with Gasteiger partial charge in [0.1, 0.15) is 0 Å². The summed E-state index contributed by atoms with van der Waals surface area (Å²) in [4.78, 5) is 20.4. The molecule has 0 atom stereocenters. The highest BCUT2D eigenvalue weighted by molar-refractivity contribution is 6.13. The van der Waals surface area contributed by atoms with Crippen molar-refractivity contribution < 1.29 is 4.79 Å². The van der Waals surface area contributed by atoms with Crippen LogP contribution in [0.1, 0.15) is 32.7 Å². The number of carbonyl (C=O) groups is 1. The number of amides is 1. The van der Waals surface area contributed by atoms with Gasteiger partial charge in [0.15, 0.2) is 0 Å². The van der Waals surface area contributed by atoms with Crippen LogP contribution in [0, 0.1) is 13.8 Å². The van der Waals surface area contributed by atoms with E-state index in [9.17, 15) is 4.79 Å². The maximum absolute atomic E-state index is 13.3. The van der Waals surface area contributed by atoms with Crippen molar-refractivity contribution in [1.82, 2.24) is 9.88 Å². The van der Waals surface area contributed by atoms with E-state index in [0.717, 1.165) is 64.0 Å². The van der Waals surface area contributed by atoms with Crippen LogP contribution in [0.5, 0.6) is 0 Å². The Morgan fingerprint density at radius 3 is 2.81 bits per heavy atom. The smallest absolute Gasteiger partial charge is 0.256 e. The molecule has 1 aliphatic heterocycles. The summed E-state index contributed by atoms with van der Waals surface area (Å²) in [5, 5.41) is 4.06. The molecule has 1 amide bonds. The van der Waals surface area contributed by atoms with Gasteiger partial charge in [-0.2, -0.15) is 0 Å². The van der Waals surface area contributed by atoms with Gasteiger partial charge < -0.3 is 10.2 Å². The molecule has 0 radical (unpaired) electrons. The van der Waals surface area contributed by atoms with Crippen LogP contribution in [0.3, 0.4) is 0 Å². The van der Waals surface area contributed by atoms with Gasteiger partial charge >= 0.3 is 0 Å². The number of benzene rings is 2. The molecule has 1 aromatic heterocycles. The molecule has 0 spiro atoms. The van der Waals surface area contributed by atoms with Gasteiger partial charge in [0.2, 0.25) is 0 Å². The van der Waals surface area contributed by atoms with Crippen LogP contribution in [-0.4, -0.2) is 29.4 Å². The van der Waals surface area contributed by atoms with E-state index in [1.807, 2.05) is 50.2 Å². The largest absolute Gasteiger partial charge is 0.322 e. The first-order valence-corrected chi connectivity index (χ1v) is 9.00. The zero-order valence-corrected chi connectivity index (χ0v) is 15.5. The average molecular weight is 345 g/mol. The van der Waals surface area contributed by atoms with E-state index in [0.29, 0.717) is 0 Å². The van der Waals surface area contributed by atoms with Crippen LogP contribution in [0.15, 0.2) is 42.5 Å². The van der Waals surface area contributed by atoms with Gasteiger partial charge in [-0.05, 0) is 44.2 Å². The third kappa shape index (κ3) is 2.97. The fourth-order valence-corrected chi connectivity index (χ4v) is 3.64. The molecular weight excluding hydrogens is 322 g/mol. The number of hydrogen-bond donors (Lipinski definition) is 1. The number of likely N-dealkylation sites (N-methyl/N-ethyl adjacent to an activating group) is 1. The first-order valence-electron chi connectivity index (χ1n) is 9.00. The van der Waals surface area contributed by atoms with Crippen LogP contribution in [-0.2, 0) is 13.0 Å². The van der Waals surface area contributed by atoms with Gasteiger partial charge in [0.05, 0.1) is 11.1 Å². The van der Waals surface area contributed by atoms with Crippen molar-refractivity contribution in [1.29, 1.82) is 0 Å². The second kappa shape index (κ2) is 6.54. The Morgan fingerprint density at radius 2 is 1.96 bits per heavy atom. The highest BCUT2D eigenvalue weighted by Gasteiger charge is 2.24. The van der Waals surface area contributed by atoms with E-state index in [-0.39, 0.29) is 5.91 Å². The van der Waals surface area contributed by atoms with E-state index in [2.05, 4.69) is 23.3 Å². The molecule has 2 aromatic carbocycles. The molecule has 4 rings (SSSR count). The number of para-hydroxylation sites is 1. The Morgan fingerprint density at radius 1 is 1.15 bits per heavy atom. The summed E-state index contributed by atoms with van der Waals surface area (Å²) in [6.07, 6.45) is 0.875. The van der Waals surface area contributed by atoms with Gasteiger partial charge in [-0.15, -0.1) is 0 Å². The topological polar surface area (TPSA) is 45.2 Å². The molecule has 0 saturated carbocycles. The summed E-state index contributed by atoms with van der Waals surface area (Å²) >= 11 is 0. The maximum Gasteiger partial charge on any atom is 0.256 e. The average Bonchev–Trinajstić information content (AvgIpc) is 2.62. The summed E-state index contributed by atoms with van der Waals surface area (Å²) in [5.74, 6) is -0.0520. The van der Waals surface area contributed by atoms with Gasteiger partial charge in [-0.3, -0.25) is 9.78 Å². The minimum absolute atomic E-state index is 0.0520. The van der Waals surface area contributed by atoms with E-state index in [1.165, 1.54) is 0 Å². The first-order chi connectivity index (χ1) is 12.5. The molecule has 26 heavy (non-hydrogen) atoms. The first kappa shape index (κ1) is 16.7. The van der Waals surface area contributed by atoms with E-state index in [4.69, 9.17) is 4.98 Å². The maximum atomic E-state index is 13.3. The molecule has 4 nitrogen and oxygen atoms in total. The summed E-state index contributed by atoms with van der Waals surface area (Å²) in [5.41, 5.74) is 6.82. The number of fused-ring (bicyclic) bond motifs is 2. The van der Waals surface area contributed by atoms with E-state index < -0.39 is 0 Å². The fraction of sp³-hybridized carbons (Fsp3) is 0.273. The number of carbonyl (C=O) groups excluding carboxylic acids is 1. The number of anilines is 1. The number of nitrogens with one attached hydrogen (secondary N) is 1. The highest BCUT2D eigenvalue weighted by atomic mass is 16.1. The summed E-state index contributed by atoms with van der Waals surface area (Å²) in [6, 6.07) is 14.1. The molecule has 0 fully saturated rings. The van der Waals surface area contributed by atoms with Gasteiger partial charge in [0.25, 0.3) is 5.91 Å². The fourth-order valence-electron chi connectivity index (χ4n) is 3.64. The zero-order valence-electron chi connectivity index (χ0n) is 15.5. The second-order valence-electron chi connectivity index (χ2n) is 7.19. The number of aryl methyl sites for hydroxylation is 2. The Balaban J connectivity index is 1.85. The molecule has 132 valence electrons. The predicted octanol–water partition coefficient (Wildman–Crippen LogP) is 4.09. The third-order valence-corrected chi connectivity index (χ3v) is 5.11. The summed E-state index contributed by atoms with van der Waals surface area (Å²) < 4.78 is 0. The quantitative estimate of drug-likeness (QED) is 0.761. The molecule has 2 heterocycles. The van der Waals surface area contributed by atoms with Crippen molar-refractivity contribution in [2.75, 3.05) is 18.9 Å². The highest BCUT2D eigenvalue weighted by Crippen LogP contribution is 2.29. The summed E-state index contributed by atoms with van der Waals surface area (Å²) in [7, 11) is 2.09. The van der Waals surface area contributed by atoms with Crippen molar-refractivity contribution >= 4 is 22.5 Å². The van der Waals surface area contributed by atoms with E-state index in [1.54, 1.807) is 0 Å². The van der Waals surface area contributed by atoms with Gasteiger partial charge in [0, 0.05) is 41.8 Å². The van der Waals surface area contributed by atoms with Crippen molar-refractivity contribution in [3.05, 3.63) is 70.4 Å². The van der Waals surface area contributed by atoms with Crippen molar-refractivity contribution in [2.45, 2.75) is 26.8 Å². The minimum Gasteiger partial charge on any atom is -0.322 e. The van der Waals surface area contributed by atoms with Gasteiger partial charge in [-0.1, -0.05) is 30.3 Å². The van der Waals surface area contributed by atoms with Crippen LogP contribution in [0.25, 0.3) is 10.9 Å². The number of aromatic nitrogens is 1. The molecule has 0 bridgehead atoms. The minimum atomic E-state index is -0.0520. The lowest BCUT2D eigenvalue weighted by Gasteiger charge is -2.27. The van der Waals surface area contributed by atoms with Crippen LogP contribution in [0.2, 0.25) is 0 Å².